The number of hydrogen-bond donors (Lipinski definition) is 1. The van der Waals surface area contributed by atoms with Gasteiger partial charge in [0.15, 0.2) is 0 Å². The van der Waals surface area contributed by atoms with Gasteiger partial charge in [0.25, 0.3) is 0 Å². The lowest BCUT2D eigenvalue weighted by Crippen LogP contribution is -2.00. The van der Waals surface area contributed by atoms with Gasteiger partial charge in [-0.15, -0.1) is 0 Å². The molecule has 5 heteroatoms. The van der Waals surface area contributed by atoms with Crippen LogP contribution in [0.3, 0.4) is 0 Å². The molecule has 0 aliphatic carbocycles. The first-order valence-electron chi connectivity index (χ1n) is 8.51. The molecule has 0 fully saturated rings. The molecular weight excluding hydrogens is 356 g/mol. The summed E-state index contributed by atoms with van der Waals surface area (Å²) in [7, 11) is 0. The molecule has 132 valence electrons. The molecule has 0 saturated carbocycles. The number of nitrogen functional groups attached to an aromatic ring is 1. The molecule has 2 N–H and O–H groups in total. The molecule has 0 radical (unpaired) electrons. The van der Waals surface area contributed by atoms with E-state index in [4.69, 9.17) is 17.3 Å². The van der Waals surface area contributed by atoms with Crippen molar-refractivity contribution < 1.29 is 0 Å². The fourth-order valence-electron chi connectivity index (χ4n) is 2.87. The Kier molecular flexibility index (Phi) is 4.73. The third kappa shape index (κ3) is 3.61. The third-order valence-electron chi connectivity index (χ3n) is 4.17. The van der Waals surface area contributed by atoms with Crippen molar-refractivity contribution in [1.29, 1.82) is 0 Å². The fourth-order valence-corrected chi connectivity index (χ4v) is 3.00. The second-order valence-corrected chi connectivity index (χ2v) is 6.44. The summed E-state index contributed by atoms with van der Waals surface area (Å²) in [5, 5.41) is 5.28. The van der Waals surface area contributed by atoms with Gasteiger partial charge in [0.1, 0.15) is 11.4 Å². The fraction of sp³-hybridized carbons (Fsp3) is 0. The number of nitrogens with zero attached hydrogens (tertiary/aromatic N) is 3. The SMILES string of the molecule is Nc1nc(-c2ccccc2)c(-c2ccccc2)n1/N=C/c1ccc(Cl)cc1. The minimum atomic E-state index is 0.331. The number of anilines is 1. The van der Waals surface area contributed by atoms with Crippen LogP contribution in [-0.4, -0.2) is 15.9 Å². The average Bonchev–Trinajstić information content (AvgIpc) is 3.05. The Morgan fingerprint density at radius 2 is 1.41 bits per heavy atom. The van der Waals surface area contributed by atoms with E-state index < -0.39 is 0 Å². The Hall–Kier alpha value is -3.37. The van der Waals surface area contributed by atoms with Crippen LogP contribution in [0.5, 0.6) is 0 Å². The van der Waals surface area contributed by atoms with Crippen molar-refractivity contribution in [3.63, 3.8) is 0 Å². The molecule has 1 heterocycles. The summed E-state index contributed by atoms with van der Waals surface area (Å²) in [6.45, 7) is 0. The molecule has 0 saturated heterocycles. The van der Waals surface area contributed by atoms with Gasteiger partial charge >= 0.3 is 0 Å². The van der Waals surface area contributed by atoms with E-state index in [9.17, 15) is 0 Å². The lowest BCUT2D eigenvalue weighted by atomic mass is 10.1. The maximum atomic E-state index is 6.22. The van der Waals surface area contributed by atoms with Crippen molar-refractivity contribution in [3.8, 4) is 22.5 Å². The molecule has 4 rings (SSSR count). The number of rotatable bonds is 4. The molecule has 0 amide bonds. The summed E-state index contributed by atoms with van der Waals surface area (Å²) in [6.07, 6.45) is 1.75. The van der Waals surface area contributed by atoms with Gasteiger partial charge in [0.05, 0.1) is 6.21 Å². The van der Waals surface area contributed by atoms with Crippen LogP contribution in [0, 0.1) is 0 Å². The van der Waals surface area contributed by atoms with E-state index >= 15 is 0 Å². The van der Waals surface area contributed by atoms with Crippen molar-refractivity contribution >= 4 is 23.8 Å². The first kappa shape index (κ1) is 17.1. The summed E-state index contributed by atoms with van der Waals surface area (Å²) in [5.74, 6) is 0.331. The van der Waals surface area contributed by atoms with Crippen LogP contribution in [0.25, 0.3) is 22.5 Å². The third-order valence-corrected chi connectivity index (χ3v) is 4.42. The van der Waals surface area contributed by atoms with Crippen LogP contribution in [0.2, 0.25) is 5.02 Å². The van der Waals surface area contributed by atoms with E-state index in [1.807, 2.05) is 84.9 Å². The first-order chi connectivity index (χ1) is 13.2. The highest BCUT2D eigenvalue weighted by Gasteiger charge is 2.18. The van der Waals surface area contributed by atoms with Crippen LogP contribution in [0.1, 0.15) is 5.56 Å². The summed E-state index contributed by atoms with van der Waals surface area (Å²) >= 11 is 5.95. The molecule has 0 unspecified atom stereocenters. The Labute approximate surface area is 162 Å². The van der Waals surface area contributed by atoms with Crippen molar-refractivity contribution in [2.24, 2.45) is 5.10 Å². The Morgan fingerprint density at radius 1 is 0.815 bits per heavy atom. The molecule has 0 spiro atoms. The molecule has 0 aliphatic rings. The zero-order chi connectivity index (χ0) is 18.6. The summed E-state index contributed by atoms with van der Waals surface area (Å²) in [5.41, 5.74) is 10.8. The number of halogens is 1. The van der Waals surface area contributed by atoms with E-state index in [2.05, 4.69) is 10.1 Å². The molecule has 0 bridgehead atoms. The number of imidazole rings is 1. The van der Waals surface area contributed by atoms with Gasteiger partial charge in [-0.05, 0) is 17.7 Å². The van der Waals surface area contributed by atoms with Gasteiger partial charge in [-0.25, -0.2) is 4.98 Å². The summed E-state index contributed by atoms with van der Waals surface area (Å²) in [4.78, 5) is 4.59. The molecule has 4 nitrogen and oxygen atoms in total. The highest BCUT2D eigenvalue weighted by atomic mass is 35.5. The van der Waals surface area contributed by atoms with Gasteiger partial charge in [-0.1, -0.05) is 84.4 Å². The van der Waals surface area contributed by atoms with Gasteiger partial charge in [-0.2, -0.15) is 9.78 Å². The molecule has 3 aromatic carbocycles. The van der Waals surface area contributed by atoms with Crippen LogP contribution >= 0.6 is 11.6 Å². The monoisotopic (exact) mass is 372 g/mol. The van der Waals surface area contributed by atoms with E-state index in [1.54, 1.807) is 10.9 Å². The van der Waals surface area contributed by atoms with Crippen LogP contribution in [0.15, 0.2) is 90.0 Å². The molecule has 1 aromatic heterocycles. The zero-order valence-electron chi connectivity index (χ0n) is 14.5. The number of aromatic nitrogens is 2. The Balaban J connectivity index is 1.86. The van der Waals surface area contributed by atoms with Crippen molar-refractivity contribution in [1.82, 2.24) is 9.66 Å². The van der Waals surface area contributed by atoms with Crippen LogP contribution < -0.4 is 5.73 Å². The summed E-state index contributed by atoms with van der Waals surface area (Å²) in [6, 6.07) is 27.4. The number of hydrogen-bond acceptors (Lipinski definition) is 3. The van der Waals surface area contributed by atoms with Gasteiger partial charge in [0.2, 0.25) is 5.95 Å². The second kappa shape index (κ2) is 7.48. The summed E-state index contributed by atoms with van der Waals surface area (Å²) < 4.78 is 1.67. The van der Waals surface area contributed by atoms with E-state index in [1.165, 1.54) is 0 Å². The largest absolute Gasteiger partial charge is 0.368 e. The van der Waals surface area contributed by atoms with Crippen LogP contribution in [-0.2, 0) is 0 Å². The smallest absolute Gasteiger partial charge is 0.222 e. The lowest BCUT2D eigenvalue weighted by molar-refractivity contribution is 0.906. The Morgan fingerprint density at radius 3 is 2.04 bits per heavy atom. The van der Waals surface area contributed by atoms with Gasteiger partial charge in [0, 0.05) is 16.1 Å². The van der Waals surface area contributed by atoms with E-state index in [0.717, 1.165) is 28.1 Å². The molecule has 0 aliphatic heterocycles. The standard InChI is InChI=1S/C22H17ClN4/c23-19-13-11-16(12-14-19)15-25-27-21(18-9-5-2-6-10-18)20(26-22(27)24)17-7-3-1-4-8-17/h1-15H,(H2,24,26)/b25-15+. The average molecular weight is 373 g/mol. The van der Waals surface area contributed by atoms with Crippen molar-refractivity contribution in [2.45, 2.75) is 0 Å². The quantitative estimate of drug-likeness (QED) is 0.492. The zero-order valence-corrected chi connectivity index (χ0v) is 15.2. The second-order valence-electron chi connectivity index (χ2n) is 6.01. The number of benzene rings is 3. The predicted octanol–water partition coefficient (Wildman–Crippen LogP) is 5.33. The maximum absolute atomic E-state index is 6.22. The molecule has 4 aromatic rings. The lowest BCUT2D eigenvalue weighted by Gasteiger charge is -2.07. The predicted molar refractivity (Wildman–Crippen MR) is 112 cm³/mol. The van der Waals surface area contributed by atoms with Crippen molar-refractivity contribution in [3.05, 3.63) is 95.5 Å². The normalized spacial score (nSPS) is 11.1. The minimum Gasteiger partial charge on any atom is -0.368 e. The van der Waals surface area contributed by atoms with Gasteiger partial charge in [-0.3, -0.25) is 0 Å². The molecule has 27 heavy (non-hydrogen) atoms. The first-order valence-corrected chi connectivity index (χ1v) is 8.89. The highest BCUT2D eigenvalue weighted by molar-refractivity contribution is 6.30. The van der Waals surface area contributed by atoms with E-state index in [-0.39, 0.29) is 0 Å². The van der Waals surface area contributed by atoms with Gasteiger partial charge < -0.3 is 5.73 Å². The number of nitrogens with two attached hydrogens (primary N) is 1. The van der Waals surface area contributed by atoms with E-state index in [0.29, 0.717) is 11.0 Å². The highest BCUT2D eigenvalue weighted by Crippen LogP contribution is 2.33. The topological polar surface area (TPSA) is 56.2 Å². The van der Waals surface area contributed by atoms with Crippen LogP contribution in [0.4, 0.5) is 5.95 Å². The molecule has 0 atom stereocenters. The Bertz CT molecular complexity index is 1070. The minimum absolute atomic E-state index is 0.331. The van der Waals surface area contributed by atoms with Crippen molar-refractivity contribution in [2.75, 3.05) is 5.73 Å². The molecular formula is C22H17ClN4. The maximum Gasteiger partial charge on any atom is 0.222 e.